The summed E-state index contributed by atoms with van der Waals surface area (Å²) in [5.41, 5.74) is -1.12. The molecule has 2 aliphatic rings. The van der Waals surface area contributed by atoms with Gasteiger partial charge in [-0.05, 0) is 32.1 Å². The van der Waals surface area contributed by atoms with Crippen LogP contribution in [0.4, 0.5) is 0 Å². The Balaban J connectivity index is 2.10. The molecule has 2 N–H and O–H groups in total. The van der Waals surface area contributed by atoms with E-state index in [2.05, 4.69) is 6.92 Å². The minimum atomic E-state index is -1.61. The lowest BCUT2D eigenvalue weighted by molar-refractivity contribution is -0.189. The van der Waals surface area contributed by atoms with Crippen molar-refractivity contribution in [3.05, 3.63) is 0 Å². The Labute approximate surface area is 156 Å². The quantitative estimate of drug-likeness (QED) is 0.502. The van der Waals surface area contributed by atoms with Gasteiger partial charge in [-0.1, -0.05) is 40.5 Å². The van der Waals surface area contributed by atoms with E-state index in [1.54, 1.807) is 0 Å². The van der Waals surface area contributed by atoms with Crippen molar-refractivity contribution in [1.29, 1.82) is 0 Å². The molecule has 0 aliphatic carbocycles. The number of ketones is 1. The molecule has 26 heavy (non-hydrogen) atoms. The maximum atomic E-state index is 12.8. The predicted octanol–water partition coefficient (Wildman–Crippen LogP) is 2.59. The van der Waals surface area contributed by atoms with Crippen LogP contribution >= 0.6 is 0 Å². The SMILES string of the molecule is CC1CCCC2(C)OC2C(O)C(O)OC(=O)CCC(C)(C)C(=O)C(C)C1. The van der Waals surface area contributed by atoms with Crippen LogP contribution in [-0.4, -0.2) is 46.1 Å². The van der Waals surface area contributed by atoms with E-state index in [9.17, 15) is 19.8 Å². The highest BCUT2D eigenvalue weighted by Crippen LogP contribution is 2.44. The Morgan fingerprint density at radius 3 is 2.38 bits per heavy atom. The van der Waals surface area contributed by atoms with Crippen LogP contribution in [0.25, 0.3) is 0 Å². The van der Waals surface area contributed by atoms with Gasteiger partial charge in [-0.15, -0.1) is 0 Å². The molecule has 2 heterocycles. The fourth-order valence-corrected chi connectivity index (χ4v) is 4.14. The number of ether oxygens (including phenoxy) is 2. The van der Waals surface area contributed by atoms with Crippen LogP contribution in [0.15, 0.2) is 0 Å². The zero-order chi connectivity index (χ0) is 19.7. The van der Waals surface area contributed by atoms with Crippen molar-refractivity contribution in [2.45, 2.75) is 97.2 Å². The average Bonchev–Trinajstić information content (AvgIpc) is 3.22. The monoisotopic (exact) mass is 370 g/mol. The van der Waals surface area contributed by atoms with E-state index in [-0.39, 0.29) is 18.1 Å². The number of Topliss-reactive ketones (excluding diaryl/α,β-unsaturated/α-hetero) is 1. The molecule has 6 heteroatoms. The van der Waals surface area contributed by atoms with Gasteiger partial charge in [0.15, 0.2) is 0 Å². The summed E-state index contributed by atoms with van der Waals surface area (Å²) in [5, 5.41) is 20.2. The molecule has 6 nitrogen and oxygen atoms in total. The second kappa shape index (κ2) is 7.95. The fraction of sp³-hybridized carbons (Fsp3) is 0.900. The summed E-state index contributed by atoms with van der Waals surface area (Å²) in [4.78, 5) is 24.8. The van der Waals surface area contributed by atoms with E-state index in [1.165, 1.54) is 0 Å². The Morgan fingerprint density at radius 1 is 1.08 bits per heavy atom. The molecule has 2 aliphatic heterocycles. The Morgan fingerprint density at radius 2 is 1.73 bits per heavy atom. The first kappa shape index (κ1) is 21.3. The van der Waals surface area contributed by atoms with Crippen LogP contribution in [0.2, 0.25) is 0 Å². The number of cyclic esters (lactones) is 1. The largest absolute Gasteiger partial charge is 0.433 e. The minimum Gasteiger partial charge on any atom is -0.433 e. The topological polar surface area (TPSA) is 96.4 Å². The normalized spacial score (nSPS) is 42.7. The third kappa shape index (κ3) is 5.05. The molecule has 150 valence electrons. The lowest BCUT2D eigenvalue weighted by atomic mass is 9.75. The molecule has 0 radical (unpaired) electrons. The highest BCUT2D eigenvalue weighted by Gasteiger charge is 2.57. The van der Waals surface area contributed by atoms with Gasteiger partial charge in [0.25, 0.3) is 0 Å². The third-order valence-corrected chi connectivity index (χ3v) is 5.99. The molecule has 0 bridgehead atoms. The molecule has 0 aromatic heterocycles. The molecule has 2 rings (SSSR count). The zero-order valence-electron chi connectivity index (χ0n) is 16.7. The summed E-state index contributed by atoms with van der Waals surface area (Å²) < 4.78 is 10.6. The molecule has 0 spiro atoms. The van der Waals surface area contributed by atoms with Crippen LogP contribution in [-0.2, 0) is 19.1 Å². The minimum absolute atomic E-state index is 0.0214. The van der Waals surface area contributed by atoms with Gasteiger partial charge in [0.2, 0.25) is 6.29 Å². The summed E-state index contributed by atoms with van der Waals surface area (Å²) in [6, 6.07) is 0. The summed E-state index contributed by atoms with van der Waals surface area (Å²) in [6.45, 7) is 9.72. The number of hydrogen-bond donors (Lipinski definition) is 2. The van der Waals surface area contributed by atoms with E-state index in [1.807, 2.05) is 27.7 Å². The van der Waals surface area contributed by atoms with Crippen LogP contribution < -0.4 is 0 Å². The smallest absolute Gasteiger partial charge is 0.308 e. The van der Waals surface area contributed by atoms with Crippen LogP contribution in [0.3, 0.4) is 0 Å². The van der Waals surface area contributed by atoms with Crippen molar-refractivity contribution in [3.8, 4) is 0 Å². The number of aliphatic hydroxyl groups is 2. The summed E-state index contributed by atoms with van der Waals surface area (Å²) in [6.07, 6.45) is 0.464. The van der Waals surface area contributed by atoms with Gasteiger partial charge in [0.1, 0.15) is 18.0 Å². The number of aliphatic hydroxyl groups excluding tert-OH is 2. The van der Waals surface area contributed by atoms with E-state index in [0.29, 0.717) is 12.3 Å². The maximum absolute atomic E-state index is 12.8. The standard InChI is InChI=1S/C20H34O6/c1-12-7-6-9-20(5)17(26-20)15(22)18(24)25-14(21)8-10-19(3,4)16(23)13(2)11-12/h12-13,15,17-18,22,24H,6-11H2,1-5H3. The van der Waals surface area contributed by atoms with Gasteiger partial charge < -0.3 is 19.7 Å². The molecule has 6 atom stereocenters. The predicted molar refractivity (Wildman–Crippen MR) is 96.2 cm³/mol. The second-order valence-electron chi connectivity index (χ2n) is 9.10. The van der Waals surface area contributed by atoms with E-state index < -0.39 is 35.5 Å². The molecule has 0 aromatic rings. The number of carbonyl (C=O) groups is 2. The van der Waals surface area contributed by atoms with Crippen molar-refractivity contribution < 1.29 is 29.3 Å². The molecule has 0 amide bonds. The van der Waals surface area contributed by atoms with Gasteiger partial charge in [-0.25, -0.2) is 0 Å². The average molecular weight is 370 g/mol. The van der Waals surface area contributed by atoms with Crippen LogP contribution in [0.5, 0.6) is 0 Å². The van der Waals surface area contributed by atoms with Crippen molar-refractivity contribution in [1.82, 2.24) is 0 Å². The lowest BCUT2D eigenvalue weighted by Gasteiger charge is -2.28. The van der Waals surface area contributed by atoms with Gasteiger partial charge >= 0.3 is 5.97 Å². The molecule has 2 saturated heterocycles. The third-order valence-electron chi connectivity index (χ3n) is 5.99. The van der Waals surface area contributed by atoms with Gasteiger partial charge in [-0.3, -0.25) is 9.59 Å². The van der Waals surface area contributed by atoms with Crippen molar-refractivity contribution in [3.63, 3.8) is 0 Å². The zero-order valence-corrected chi connectivity index (χ0v) is 16.7. The molecular weight excluding hydrogens is 336 g/mol. The van der Waals surface area contributed by atoms with Crippen LogP contribution in [0.1, 0.15) is 73.1 Å². The van der Waals surface area contributed by atoms with Crippen molar-refractivity contribution >= 4 is 11.8 Å². The number of rotatable bonds is 0. The van der Waals surface area contributed by atoms with E-state index in [0.717, 1.165) is 25.7 Å². The second-order valence-corrected chi connectivity index (χ2v) is 9.10. The van der Waals surface area contributed by atoms with Gasteiger partial charge in [0, 0.05) is 17.8 Å². The number of carbonyl (C=O) groups excluding carboxylic acids is 2. The molecular formula is C20H34O6. The van der Waals surface area contributed by atoms with E-state index in [4.69, 9.17) is 9.47 Å². The van der Waals surface area contributed by atoms with Gasteiger partial charge in [-0.2, -0.15) is 0 Å². The lowest BCUT2D eigenvalue weighted by Crippen LogP contribution is -2.38. The number of epoxide rings is 1. The molecule has 0 aromatic carbocycles. The first-order chi connectivity index (χ1) is 12.0. The van der Waals surface area contributed by atoms with Crippen LogP contribution in [0, 0.1) is 17.3 Å². The Kier molecular flexibility index (Phi) is 6.52. The highest BCUT2D eigenvalue weighted by molar-refractivity contribution is 5.86. The summed E-state index contributed by atoms with van der Waals surface area (Å²) in [5.74, 6) is -0.106. The molecule has 2 fully saturated rings. The Bertz CT molecular complexity index is 530. The Hall–Kier alpha value is -0.980. The van der Waals surface area contributed by atoms with Crippen molar-refractivity contribution in [2.75, 3.05) is 0 Å². The number of hydrogen-bond acceptors (Lipinski definition) is 6. The number of esters is 1. The first-order valence-corrected chi connectivity index (χ1v) is 9.74. The van der Waals surface area contributed by atoms with Crippen molar-refractivity contribution in [2.24, 2.45) is 17.3 Å². The maximum Gasteiger partial charge on any atom is 0.308 e. The summed E-state index contributed by atoms with van der Waals surface area (Å²) in [7, 11) is 0. The fourth-order valence-electron chi connectivity index (χ4n) is 4.14. The highest BCUT2D eigenvalue weighted by atomic mass is 16.7. The first-order valence-electron chi connectivity index (χ1n) is 9.74. The van der Waals surface area contributed by atoms with Gasteiger partial charge in [0.05, 0.1) is 5.60 Å². The number of fused-ring (bicyclic) bond motifs is 1. The molecule has 6 unspecified atom stereocenters. The molecule has 0 saturated carbocycles. The summed E-state index contributed by atoms with van der Waals surface area (Å²) >= 11 is 0. The van der Waals surface area contributed by atoms with E-state index >= 15 is 0 Å².